The third kappa shape index (κ3) is 6.28. The van der Waals surface area contributed by atoms with Gasteiger partial charge in [-0.1, -0.05) is 247 Å². The molecule has 0 amide bonds. The van der Waals surface area contributed by atoms with Crippen molar-refractivity contribution in [2.24, 2.45) is 0 Å². The van der Waals surface area contributed by atoms with E-state index < -0.39 is 5.41 Å². The monoisotopic (exact) mass is 933 g/mol. The zero-order valence-electron chi connectivity index (χ0n) is 42.0. The van der Waals surface area contributed by atoms with Gasteiger partial charge >= 0.3 is 0 Å². The van der Waals surface area contributed by atoms with Crippen molar-refractivity contribution in [1.29, 1.82) is 0 Å². The van der Waals surface area contributed by atoms with Gasteiger partial charge in [-0.15, -0.1) is 0 Å². The van der Waals surface area contributed by atoms with Crippen LogP contribution in [0.1, 0.15) is 73.6 Å². The highest BCUT2D eigenvalue weighted by Gasteiger charge is 2.51. The van der Waals surface area contributed by atoms with E-state index in [9.17, 15) is 0 Å². The van der Waals surface area contributed by atoms with Crippen molar-refractivity contribution >= 4 is 27.8 Å². The lowest BCUT2D eigenvalue weighted by atomic mass is 9.70. The summed E-state index contributed by atoms with van der Waals surface area (Å²) in [6.45, 7) is 11.7. The Balaban J connectivity index is 1.07. The molecule has 348 valence electrons. The van der Waals surface area contributed by atoms with Crippen LogP contribution in [0, 0.1) is 0 Å². The first-order chi connectivity index (χ1) is 35.6. The summed E-state index contributed by atoms with van der Waals surface area (Å²) in [6.07, 6.45) is 0. The number of anilines is 3. The molecule has 0 radical (unpaired) electrons. The smallest absolute Gasteiger partial charge is 0.0725 e. The van der Waals surface area contributed by atoms with Crippen molar-refractivity contribution in [3.63, 3.8) is 0 Å². The minimum absolute atomic E-state index is 0.0626. The Morgan fingerprint density at radius 1 is 0.342 bits per heavy atom. The maximum Gasteiger partial charge on any atom is 0.0725 e. The van der Waals surface area contributed by atoms with E-state index in [4.69, 9.17) is 0 Å². The van der Waals surface area contributed by atoms with Crippen molar-refractivity contribution < 1.29 is 0 Å². The van der Waals surface area contributed by atoms with Crippen LogP contribution < -0.4 is 4.90 Å². The second kappa shape index (κ2) is 16.0. The lowest BCUT2D eigenvalue weighted by Gasteiger charge is -2.33. The fraction of sp³-hybridized carbons (Fsp3) is 0.111. The molecule has 0 atom stereocenters. The largest absolute Gasteiger partial charge is 0.309 e. The van der Waals surface area contributed by atoms with E-state index in [-0.39, 0.29) is 10.8 Å². The summed E-state index contributed by atoms with van der Waals surface area (Å²) >= 11 is 0. The van der Waals surface area contributed by atoms with Gasteiger partial charge in [0, 0.05) is 22.2 Å². The van der Waals surface area contributed by atoms with Crippen LogP contribution in [0.15, 0.2) is 243 Å². The van der Waals surface area contributed by atoms with Crippen molar-refractivity contribution in [2.75, 3.05) is 4.90 Å². The summed E-state index contributed by atoms with van der Waals surface area (Å²) in [7, 11) is 0. The van der Waals surface area contributed by atoms with Gasteiger partial charge in [0.2, 0.25) is 0 Å². The number of hydrogen-bond acceptors (Lipinski definition) is 1. The third-order valence-electron chi connectivity index (χ3n) is 16.6. The first kappa shape index (κ1) is 43.3. The molecule has 0 saturated heterocycles. The molecule has 0 N–H and O–H groups in total. The summed E-state index contributed by atoms with van der Waals surface area (Å²) in [6, 6.07) is 91.8. The molecule has 0 fully saturated rings. The van der Waals surface area contributed by atoms with Gasteiger partial charge in [0.15, 0.2) is 0 Å². The summed E-state index contributed by atoms with van der Waals surface area (Å²) in [5.74, 6) is 0. The van der Waals surface area contributed by atoms with E-state index in [1.165, 1.54) is 116 Å². The SMILES string of the molecule is CC(C)(C)c1ccc(-c2ccc(N(c3ccc4c(c3)-c3ccccc3C43c4ccccc4-c4ccccc43)c3ccc4ccccc4c3-c3cccc4c3C(C)(C)c3ccccc3-4)c(-c3ccccc3)c2)cc1. The van der Waals surface area contributed by atoms with Crippen LogP contribution in [0.3, 0.4) is 0 Å². The van der Waals surface area contributed by atoms with E-state index in [1.807, 2.05) is 0 Å². The van der Waals surface area contributed by atoms with Crippen LogP contribution in [-0.2, 0) is 16.2 Å². The van der Waals surface area contributed by atoms with Gasteiger partial charge in [-0.05, 0) is 141 Å². The van der Waals surface area contributed by atoms with Crippen molar-refractivity contribution in [2.45, 2.75) is 50.9 Å². The highest BCUT2D eigenvalue weighted by molar-refractivity contribution is 6.09. The normalized spacial score (nSPS) is 14.0. The molecule has 14 rings (SSSR count). The van der Waals surface area contributed by atoms with E-state index in [2.05, 4.69) is 282 Å². The maximum absolute atomic E-state index is 2.59. The van der Waals surface area contributed by atoms with Gasteiger partial charge in [0.05, 0.1) is 16.8 Å². The number of benzene rings is 11. The first-order valence-corrected chi connectivity index (χ1v) is 25.9. The molecule has 0 heterocycles. The maximum atomic E-state index is 2.59. The number of fused-ring (bicyclic) bond motifs is 14. The highest BCUT2D eigenvalue weighted by Crippen LogP contribution is 2.64. The van der Waals surface area contributed by atoms with Gasteiger partial charge in [-0.3, -0.25) is 0 Å². The molecule has 1 heteroatoms. The van der Waals surface area contributed by atoms with Gasteiger partial charge in [0.1, 0.15) is 0 Å². The Morgan fingerprint density at radius 3 is 1.53 bits per heavy atom. The molecule has 0 aromatic heterocycles. The Morgan fingerprint density at radius 2 is 0.863 bits per heavy atom. The molecule has 1 spiro atoms. The summed E-state index contributed by atoms with van der Waals surface area (Å²) in [4.78, 5) is 2.59. The molecular weight excluding hydrogens is 879 g/mol. The van der Waals surface area contributed by atoms with E-state index >= 15 is 0 Å². The van der Waals surface area contributed by atoms with Crippen molar-refractivity contribution in [3.8, 4) is 66.8 Å². The van der Waals surface area contributed by atoms with Crippen molar-refractivity contribution in [3.05, 3.63) is 282 Å². The second-order valence-corrected chi connectivity index (χ2v) is 22.0. The van der Waals surface area contributed by atoms with Crippen LogP contribution in [0.5, 0.6) is 0 Å². The minimum atomic E-state index is -0.443. The molecule has 0 bridgehead atoms. The van der Waals surface area contributed by atoms with Gasteiger partial charge in [-0.25, -0.2) is 0 Å². The number of nitrogens with zero attached hydrogens (tertiary/aromatic N) is 1. The fourth-order valence-corrected chi connectivity index (χ4v) is 13.3. The highest BCUT2D eigenvalue weighted by atomic mass is 15.1. The minimum Gasteiger partial charge on any atom is -0.309 e. The first-order valence-electron chi connectivity index (χ1n) is 25.9. The molecule has 0 unspecified atom stereocenters. The van der Waals surface area contributed by atoms with Crippen LogP contribution in [0.25, 0.3) is 77.5 Å². The average Bonchev–Trinajstić information content (AvgIpc) is 4.00. The van der Waals surface area contributed by atoms with E-state index in [0.29, 0.717) is 0 Å². The molecule has 0 aliphatic heterocycles. The van der Waals surface area contributed by atoms with E-state index in [0.717, 1.165) is 17.1 Å². The number of rotatable bonds is 6. The summed E-state index contributed by atoms with van der Waals surface area (Å²) in [5.41, 5.74) is 27.2. The lowest BCUT2D eigenvalue weighted by Crippen LogP contribution is -2.25. The summed E-state index contributed by atoms with van der Waals surface area (Å²) in [5, 5.41) is 2.44. The predicted molar refractivity (Wildman–Crippen MR) is 308 cm³/mol. The Labute approximate surface area is 429 Å². The molecule has 73 heavy (non-hydrogen) atoms. The Bertz CT molecular complexity index is 3990. The molecule has 3 aliphatic carbocycles. The van der Waals surface area contributed by atoms with Gasteiger partial charge in [0.25, 0.3) is 0 Å². The molecular formula is C72H55N. The zero-order valence-corrected chi connectivity index (χ0v) is 42.0. The molecule has 0 saturated carbocycles. The average molecular weight is 934 g/mol. The molecule has 3 aliphatic rings. The Kier molecular flexibility index (Phi) is 9.48. The van der Waals surface area contributed by atoms with E-state index in [1.54, 1.807) is 0 Å². The van der Waals surface area contributed by atoms with Crippen LogP contribution in [0.4, 0.5) is 17.1 Å². The second-order valence-electron chi connectivity index (χ2n) is 22.0. The quantitative estimate of drug-likeness (QED) is 0.161. The topological polar surface area (TPSA) is 3.24 Å². The molecule has 1 nitrogen and oxygen atoms in total. The standard InChI is InChI=1S/C72H55N/c1-70(2,3)50-38-34-46(35-39-50)49-37-42-66(59(44-49)47-20-7-6-8-21-47)73(67-43-36-48-22-9-10-23-52(48)68(67)58-29-19-28-57-55-26-11-15-30-61(55)71(4,5)69(57)58)51-40-41-65-60(45-51)56-27-14-18-33-64(56)72(65)62-31-16-12-24-53(62)54-25-13-17-32-63(54)72/h6-45H,1-5H3. The van der Waals surface area contributed by atoms with Gasteiger partial charge < -0.3 is 4.90 Å². The fourth-order valence-electron chi connectivity index (χ4n) is 13.3. The summed E-state index contributed by atoms with van der Waals surface area (Å²) < 4.78 is 0. The lowest BCUT2D eigenvalue weighted by molar-refractivity contribution is 0.590. The molecule has 11 aromatic carbocycles. The van der Waals surface area contributed by atoms with Crippen LogP contribution >= 0.6 is 0 Å². The van der Waals surface area contributed by atoms with Crippen LogP contribution in [0.2, 0.25) is 0 Å². The number of hydrogen-bond donors (Lipinski definition) is 0. The third-order valence-corrected chi connectivity index (χ3v) is 16.6. The zero-order chi connectivity index (χ0) is 49.2. The van der Waals surface area contributed by atoms with Gasteiger partial charge in [-0.2, -0.15) is 0 Å². The van der Waals surface area contributed by atoms with Crippen molar-refractivity contribution in [1.82, 2.24) is 0 Å². The van der Waals surface area contributed by atoms with Crippen LogP contribution in [-0.4, -0.2) is 0 Å². The predicted octanol–water partition coefficient (Wildman–Crippen LogP) is 19.3. The Hall–Kier alpha value is -8.52. The molecule has 11 aromatic rings.